The van der Waals surface area contributed by atoms with Crippen molar-refractivity contribution in [3.63, 3.8) is 0 Å². The number of hydrogen-bond donors (Lipinski definition) is 2. The average Bonchev–Trinajstić information content (AvgIpc) is 2.98. The summed E-state index contributed by atoms with van der Waals surface area (Å²) in [7, 11) is 0. The fraction of sp³-hybridized carbons (Fsp3) is 0.800. The van der Waals surface area contributed by atoms with Gasteiger partial charge in [-0.2, -0.15) is 0 Å². The van der Waals surface area contributed by atoms with Crippen LogP contribution in [-0.2, 0) is 0 Å². The molecule has 18 heavy (non-hydrogen) atoms. The van der Waals surface area contributed by atoms with Gasteiger partial charge in [-0.05, 0) is 50.4 Å². The zero-order chi connectivity index (χ0) is 12.8. The standard InChI is InChI=1S/C15H25N3/c1-3-8-17-15(16-4-2)18-9-7-14-11-12-5-6-13(14)10-12/h1,12-14H,4-11H2,2H3,(H2,16,17,18). The highest BCUT2D eigenvalue weighted by atomic mass is 15.2. The molecule has 0 aromatic carbocycles. The lowest BCUT2D eigenvalue weighted by Crippen LogP contribution is -2.37. The summed E-state index contributed by atoms with van der Waals surface area (Å²) in [6, 6.07) is 0. The van der Waals surface area contributed by atoms with Crippen LogP contribution in [0, 0.1) is 30.1 Å². The predicted octanol–water partition coefficient (Wildman–Crippen LogP) is 2.00. The van der Waals surface area contributed by atoms with E-state index in [9.17, 15) is 0 Å². The van der Waals surface area contributed by atoms with Gasteiger partial charge in [0.25, 0.3) is 0 Å². The Morgan fingerprint density at radius 1 is 1.33 bits per heavy atom. The minimum atomic E-state index is 0.542. The number of nitrogens with zero attached hydrogens (tertiary/aromatic N) is 1. The summed E-state index contributed by atoms with van der Waals surface area (Å²) in [4.78, 5) is 4.60. The van der Waals surface area contributed by atoms with Gasteiger partial charge in [0.2, 0.25) is 0 Å². The Kier molecular flexibility index (Phi) is 4.92. The molecule has 3 atom stereocenters. The van der Waals surface area contributed by atoms with Crippen molar-refractivity contribution in [1.82, 2.24) is 10.6 Å². The number of aliphatic imine (C=N–C) groups is 1. The summed E-state index contributed by atoms with van der Waals surface area (Å²) >= 11 is 0. The van der Waals surface area contributed by atoms with Gasteiger partial charge in [0.15, 0.2) is 5.96 Å². The Balaban J connectivity index is 1.72. The Morgan fingerprint density at radius 2 is 2.22 bits per heavy atom. The van der Waals surface area contributed by atoms with Crippen molar-refractivity contribution >= 4 is 5.96 Å². The third-order valence-corrected chi connectivity index (χ3v) is 4.36. The summed E-state index contributed by atoms with van der Waals surface area (Å²) in [6.07, 6.45) is 12.4. The maximum Gasteiger partial charge on any atom is 0.192 e. The van der Waals surface area contributed by atoms with E-state index < -0.39 is 0 Å². The molecule has 0 aliphatic heterocycles. The molecule has 0 saturated heterocycles. The molecule has 3 nitrogen and oxygen atoms in total. The van der Waals surface area contributed by atoms with Crippen LogP contribution < -0.4 is 10.6 Å². The van der Waals surface area contributed by atoms with Crippen molar-refractivity contribution in [2.24, 2.45) is 22.7 Å². The molecule has 0 heterocycles. The first kappa shape index (κ1) is 13.3. The lowest BCUT2D eigenvalue weighted by molar-refractivity contribution is 0.318. The first-order chi connectivity index (χ1) is 8.83. The number of fused-ring (bicyclic) bond motifs is 2. The lowest BCUT2D eigenvalue weighted by Gasteiger charge is -2.20. The van der Waals surface area contributed by atoms with Crippen LogP contribution in [0.5, 0.6) is 0 Å². The number of terminal acetylenes is 1. The van der Waals surface area contributed by atoms with E-state index in [0.29, 0.717) is 6.54 Å². The molecule has 2 aliphatic rings. The van der Waals surface area contributed by atoms with E-state index in [4.69, 9.17) is 6.42 Å². The highest BCUT2D eigenvalue weighted by Gasteiger charge is 2.38. The van der Waals surface area contributed by atoms with Crippen LogP contribution in [0.2, 0.25) is 0 Å². The van der Waals surface area contributed by atoms with Gasteiger partial charge in [-0.3, -0.25) is 4.99 Å². The van der Waals surface area contributed by atoms with Gasteiger partial charge < -0.3 is 10.6 Å². The molecular weight excluding hydrogens is 222 g/mol. The molecule has 0 amide bonds. The van der Waals surface area contributed by atoms with Gasteiger partial charge in [-0.15, -0.1) is 6.42 Å². The highest BCUT2D eigenvalue weighted by molar-refractivity contribution is 5.79. The molecular formula is C15H25N3. The number of rotatable bonds is 5. The summed E-state index contributed by atoms with van der Waals surface area (Å²) in [5, 5.41) is 6.35. The van der Waals surface area contributed by atoms with Crippen LogP contribution in [-0.4, -0.2) is 25.6 Å². The Bertz CT molecular complexity index is 329. The summed E-state index contributed by atoms with van der Waals surface area (Å²) in [5.41, 5.74) is 0. The lowest BCUT2D eigenvalue weighted by atomic mass is 9.86. The number of nitrogens with one attached hydrogen (secondary N) is 2. The van der Waals surface area contributed by atoms with Crippen LogP contribution >= 0.6 is 0 Å². The van der Waals surface area contributed by atoms with E-state index in [1.807, 2.05) is 0 Å². The van der Waals surface area contributed by atoms with Crippen molar-refractivity contribution in [2.75, 3.05) is 19.6 Å². The van der Waals surface area contributed by atoms with Gasteiger partial charge in [-0.1, -0.05) is 12.3 Å². The van der Waals surface area contributed by atoms with Crippen molar-refractivity contribution in [3.05, 3.63) is 0 Å². The van der Waals surface area contributed by atoms with Gasteiger partial charge in [-0.25, -0.2) is 0 Å². The minimum absolute atomic E-state index is 0.542. The van der Waals surface area contributed by atoms with E-state index in [-0.39, 0.29) is 0 Å². The molecule has 2 fully saturated rings. The first-order valence-corrected chi connectivity index (χ1v) is 7.29. The van der Waals surface area contributed by atoms with Crippen molar-refractivity contribution < 1.29 is 0 Å². The fourth-order valence-electron chi connectivity index (χ4n) is 3.55. The molecule has 0 aromatic heterocycles. The molecule has 0 aromatic rings. The van der Waals surface area contributed by atoms with Crippen LogP contribution in [0.15, 0.2) is 4.99 Å². The van der Waals surface area contributed by atoms with Gasteiger partial charge >= 0.3 is 0 Å². The first-order valence-electron chi connectivity index (χ1n) is 7.29. The van der Waals surface area contributed by atoms with E-state index >= 15 is 0 Å². The third kappa shape index (κ3) is 3.41. The van der Waals surface area contributed by atoms with Gasteiger partial charge in [0, 0.05) is 13.1 Å². The topological polar surface area (TPSA) is 36.4 Å². The molecule has 0 radical (unpaired) electrons. The molecule has 2 bridgehead atoms. The predicted molar refractivity (Wildman–Crippen MR) is 76.4 cm³/mol. The summed E-state index contributed by atoms with van der Waals surface area (Å²) in [5.74, 6) is 6.42. The van der Waals surface area contributed by atoms with Gasteiger partial charge in [0.05, 0.1) is 6.54 Å². The summed E-state index contributed by atoms with van der Waals surface area (Å²) in [6.45, 7) is 4.42. The highest BCUT2D eigenvalue weighted by Crippen LogP contribution is 2.49. The maximum atomic E-state index is 5.25. The summed E-state index contributed by atoms with van der Waals surface area (Å²) < 4.78 is 0. The van der Waals surface area contributed by atoms with Gasteiger partial charge in [0.1, 0.15) is 0 Å². The third-order valence-electron chi connectivity index (χ3n) is 4.36. The van der Waals surface area contributed by atoms with Crippen LogP contribution in [0.4, 0.5) is 0 Å². The van der Waals surface area contributed by atoms with Crippen LogP contribution in [0.1, 0.15) is 39.0 Å². The molecule has 100 valence electrons. The monoisotopic (exact) mass is 247 g/mol. The quantitative estimate of drug-likeness (QED) is 0.443. The van der Waals surface area contributed by atoms with Crippen molar-refractivity contribution in [3.8, 4) is 12.3 Å². The molecule has 3 unspecified atom stereocenters. The normalized spacial score (nSPS) is 30.2. The smallest absolute Gasteiger partial charge is 0.192 e. The SMILES string of the molecule is C#CCNC(=NCCC1CC2CCC1C2)NCC. The van der Waals surface area contributed by atoms with Crippen LogP contribution in [0.25, 0.3) is 0 Å². The molecule has 2 saturated carbocycles. The molecule has 2 rings (SSSR count). The molecule has 3 heteroatoms. The van der Waals surface area contributed by atoms with Crippen molar-refractivity contribution in [2.45, 2.75) is 39.0 Å². The number of guanidine groups is 1. The second-order valence-electron chi connectivity index (χ2n) is 5.54. The largest absolute Gasteiger partial charge is 0.357 e. The Labute approximate surface area is 111 Å². The number of hydrogen-bond acceptors (Lipinski definition) is 1. The average molecular weight is 247 g/mol. The molecule has 2 aliphatic carbocycles. The molecule has 0 spiro atoms. The van der Waals surface area contributed by atoms with E-state index in [1.165, 1.54) is 32.1 Å². The molecule has 2 N–H and O–H groups in total. The van der Waals surface area contributed by atoms with E-state index in [0.717, 1.165) is 36.8 Å². The fourth-order valence-corrected chi connectivity index (χ4v) is 3.55. The zero-order valence-electron chi connectivity index (χ0n) is 11.4. The minimum Gasteiger partial charge on any atom is -0.357 e. The zero-order valence-corrected chi connectivity index (χ0v) is 11.4. The van der Waals surface area contributed by atoms with E-state index in [2.05, 4.69) is 28.5 Å². The maximum absolute atomic E-state index is 5.25. The second kappa shape index (κ2) is 6.68. The van der Waals surface area contributed by atoms with E-state index in [1.54, 1.807) is 0 Å². The Hall–Kier alpha value is -1.17. The second-order valence-corrected chi connectivity index (χ2v) is 5.54. The van der Waals surface area contributed by atoms with Crippen molar-refractivity contribution in [1.29, 1.82) is 0 Å². The Morgan fingerprint density at radius 3 is 2.83 bits per heavy atom. The van der Waals surface area contributed by atoms with Crippen LogP contribution in [0.3, 0.4) is 0 Å².